The highest BCUT2D eigenvalue weighted by Crippen LogP contribution is 2.21. The second kappa shape index (κ2) is 9.01. The van der Waals surface area contributed by atoms with Gasteiger partial charge < -0.3 is 10.1 Å². The summed E-state index contributed by atoms with van der Waals surface area (Å²) >= 11 is 0. The van der Waals surface area contributed by atoms with Crippen LogP contribution in [0.15, 0.2) is 35.9 Å². The van der Waals surface area contributed by atoms with Gasteiger partial charge in [0.05, 0.1) is 19.9 Å². The Kier molecular flexibility index (Phi) is 7.01. The van der Waals surface area contributed by atoms with Crippen molar-refractivity contribution in [2.45, 2.75) is 32.1 Å². The van der Waals surface area contributed by atoms with E-state index in [4.69, 9.17) is 4.74 Å². The van der Waals surface area contributed by atoms with Gasteiger partial charge in [-0.1, -0.05) is 17.7 Å². The zero-order valence-electron chi connectivity index (χ0n) is 14.8. The Morgan fingerprint density at radius 1 is 1.32 bits per heavy atom. The Balaban J connectivity index is 1.96. The number of nitrogens with one attached hydrogen (secondary N) is 1. The summed E-state index contributed by atoms with van der Waals surface area (Å²) in [4.78, 5) is 12.2. The number of carbonyl (C=O) groups excluding carboxylic acids is 1. The minimum Gasteiger partial charge on any atom is -0.497 e. The van der Waals surface area contributed by atoms with Gasteiger partial charge in [-0.3, -0.25) is 4.79 Å². The summed E-state index contributed by atoms with van der Waals surface area (Å²) in [5.41, 5.74) is 1.86. The summed E-state index contributed by atoms with van der Waals surface area (Å²) in [6.45, 7) is 0.138. The summed E-state index contributed by atoms with van der Waals surface area (Å²) in [6.07, 6.45) is 8.45. The fraction of sp³-hybridized carbons (Fsp3) is 0.500. The number of sulfonamides is 1. The van der Waals surface area contributed by atoms with Gasteiger partial charge in [-0.05, 0) is 44.2 Å². The third-order valence-electron chi connectivity index (χ3n) is 4.21. The molecule has 0 heterocycles. The van der Waals surface area contributed by atoms with Crippen molar-refractivity contribution in [2.75, 3.05) is 31.8 Å². The van der Waals surface area contributed by atoms with E-state index < -0.39 is 10.0 Å². The van der Waals surface area contributed by atoms with Crippen LogP contribution in [-0.4, -0.2) is 45.1 Å². The molecule has 0 radical (unpaired) electrons. The van der Waals surface area contributed by atoms with Gasteiger partial charge in [0.15, 0.2) is 0 Å². The Morgan fingerprint density at radius 3 is 2.76 bits per heavy atom. The van der Waals surface area contributed by atoms with Crippen LogP contribution in [0.5, 0.6) is 5.75 Å². The first-order valence-electron chi connectivity index (χ1n) is 8.45. The minimum absolute atomic E-state index is 0.191. The van der Waals surface area contributed by atoms with Crippen LogP contribution in [0.3, 0.4) is 0 Å². The Hall–Kier alpha value is -1.86. The molecular formula is C18H26N2O4S. The van der Waals surface area contributed by atoms with Crippen molar-refractivity contribution in [3.63, 3.8) is 0 Å². The number of rotatable bonds is 8. The molecule has 138 valence electrons. The highest BCUT2D eigenvalue weighted by atomic mass is 32.2. The number of benzene rings is 1. The van der Waals surface area contributed by atoms with Crippen molar-refractivity contribution in [1.82, 2.24) is 4.31 Å². The third-order valence-corrected chi connectivity index (χ3v) is 5.46. The topological polar surface area (TPSA) is 75.7 Å². The van der Waals surface area contributed by atoms with Gasteiger partial charge in [0, 0.05) is 18.3 Å². The zero-order chi connectivity index (χ0) is 18.3. The van der Waals surface area contributed by atoms with E-state index in [0.717, 1.165) is 25.5 Å². The second-order valence-corrected chi connectivity index (χ2v) is 8.22. The lowest BCUT2D eigenvalue weighted by atomic mass is 9.97. The number of allylic oxidation sites excluding steroid dienone is 1. The first-order valence-corrected chi connectivity index (χ1v) is 10.3. The predicted octanol–water partition coefficient (Wildman–Crippen LogP) is 2.79. The Bertz CT molecular complexity index is 728. The molecule has 0 saturated heterocycles. The number of carbonyl (C=O) groups is 1. The Morgan fingerprint density at radius 2 is 2.12 bits per heavy atom. The quantitative estimate of drug-likeness (QED) is 0.718. The second-order valence-electron chi connectivity index (χ2n) is 6.23. The van der Waals surface area contributed by atoms with Crippen LogP contribution in [0.4, 0.5) is 5.69 Å². The molecule has 1 aromatic rings. The monoisotopic (exact) mass is 366 g/mol. The first kappa shape index (κ1) is 19.5. The molecule has 0 saturated carbocycles. The van der Waals surface area contributed by atoms with Crippen molar-refractivity contribution in [1.29, 1.82) is 0 Å². The van der Waals surface area contributed by atoms with E-state index in [1.165, 1.54) is 16.3 Å². The van der Waals surface area contributed by atoms with Crippen LogP contribution in [0.1, 0.15) is 32.1 Å². The molecule has 1 aromatic carbocycles. The SMILES string of the molecule is COc1cccc(NC(=O)CN(CCC2=CCCCC2)S(C)(=O)=O)c1. The smallest absolute Gasteiger partial charge is 0.239 e. The number of hydrogen-bond acceptors (Lipinski definition) is 4. The van der Waals surface area contributed by atoms with Gasteiger partial charge in [0.1, 0.15) is 5.75 Å². The van der Waals surface area contributed by atoms with E-state index in [9.17, 15) is 13.2 Å². The van der Waals surface area contributed by atoms with E-state index in [-0.39, 0.29) is 12.5 Å². The van der Waals surface area contributed by atoms with Crippen LogP contribution in [0.25, 0.3) is 0 Å². The van der Waals surface area contributed by atoms with Gasteiger partial charge in [-0.15, -0.1) is 0 Å². The van der Waals surface area contributed by atoms with E-state index in [1.807, 2.05) is 0 Å². The van der Waals surface area contributed by atoms with Gasteiger partial charge in [-0.2, -0.15) is 4.31 Å². The van der Waals surface area contributed by atoms with Gasteiger partial charge in [-0.25, -0.2) is 8.42 Å². The molecule has 1 amide bonds. The van der Waals surface area contributed by atoms with Crippen LogP contribution in [0, 0.1) is 0 Å². The maximum absolute atomic E-state index is 12.2. The molecule has 1 aliphatic rings. The van der Waals surface area contributed by atoms with Crippen LogP contribution in [-0.2, 0) is 14.8 Å². The lowest BCUT2D eigenvalue weighted by Crippen LogP contribution is -2.38. The maximum atomic E-state index is 12.2. The van der Waals surface area contributed by atoms with Gasteiger partial charge >= 0.3 is 0 Å². The fourth-order valence-corrected chi connectivity index (χ4v) is 3.60. The normalized spacial score (nSPS) is 14.9. The van der Waals surface area contributed by atoms with Gasteiger partial charge in [0.25, 0.3) is 0 Å². The van der Waals surface area contributed by atoms with Crippen molar-refractivity contribution in [2.24, 2.45) is 0 Å². The molecule has 0 atom stereocenters. The highest BCUT2D eigenvalue weighted by Gasteiger charge is 2.20. The highest BCUT2D eigenvalue weighted by molar-refractivity contribution is 7.88. The average Bonchev–Trinajstić information content (AvgIpc) is 2.58. The van der Waals surface area contributed by atoms with E-state index >= 15 is 0 Å². The van der Waals surface area contributed by atoms with Crippen LogP contribution < -0.4 is 10.1 Å². The van der Waals surface area contributed by atoms with Crippen molar-refractivity contribution in [3.05, 3.63) is 35.9 Å². The van der Waals surface area contributed by atoms with Crippen molar-refractivity contribution in [3.8, 4) is 5.75 Å². The standard InChI is InChI=1S/C18H26N2O4S/c1-24-17-10-6-9-16(13-17)19-18(21)14-20(25(2,22)23)12-11-15-7-4-3-5-8-15/h6-7,9-10,13H,3-5,8,11-12,14H2,1-2H3,(H,19,21). The average molecular weight is 366 g/mol. The molecule has 0 aliphatic heterocycles. The Labute approximate surface area is 149 Å². The molecule has 7 heteroatoms. The third kappa shape index (κ3) is 6.51. The molecule has 0 unspecified atom stereocenters. The summed E-state index contributed by atoms with van der Waals surface area (Å²) in [5.74, 6) is 0.262. The first-order chi connectivity index (χ1) is 11.9. The van der Waals surface area contributed by atoms with Gasteiger partial charge in [0.2, 0.25) is 15.9 Å². The summed E-state index contributed by atoms with van der Waals surface area (Å²) in [6, 6.07) is 6.96. The molecular weight excluding hydrogens is 340 g/mol. The molecule has 1 N–H and O–H groups in total. The molecule has 0 spiro atoms. The molecule has 0 bridgehead atoms. The van der Waals surface area contributed by atoms with Crippen molar-refractivity contribution < 1.29 is 17.9 Å². The molecule has 0 aromatic heterocycles. The zero-order valence-corrected chi connectivity index (χ0v) is 15.6. The van der Waals surface area contributed by atoms with Crippen molar-refractivity contribution >= 4 is 21.6 Å². The molecule has 1 aliphatic carbocycles. The molecule has 2 rings (SSSR count). The fourth-order valence-electron chi connectivity index (χ4n) is 2.82. The molecule has 0 fully saturated rings. The maximum Gasteiger partial charge on any atom is 0.239 e. The number of nitrogens with zero attached hydrogens (tertiary/aromatic N) is 1. The molecule has 6 nitrogen and oxygen atoms in total. The number of ether oxygens (including phenoxy) is 1. The number of methoxy groups -OCH3 is 1. The van der Waals surface area contributed by atoms with E-state index in [2.05, 4.69) is 11.4 Å². The number of hydrogen-bond donors (Lipinski definition) is 1. The minimum atomic E-state index is -3.45. The summed E-state index contributed by atoms with van der Waals surface area (Å²) < 4.78 is 30.3. The lowest BCUT2D eigenvalue weighted by Gasteiger charge is -2.21. The number of amides is 1. The lowest BCUT2D eigenvalue weighted by molar-refractivity contribution is -0.116. The number of anilines is 1. The van der Waals surface area contributed by atoms with Crippen LogP contribution >= 0.6 is 0 Å². The van der Waals surface area contributed by atoms with E-state index in [0.29, 0.717) is 24.4 Å². The largest absolute Gasteiger partial charge is 0.497 e. The summed E-state index contributed by atoms with van der Waals surface area (Å²) in [7, 11) is -1.90. The predicted molar refractivity (Wildman–Crippen MR) is 99.2 cm³/mol. The summed E-state index contributed by atoms with van der Waals surface area (Å²) in [5, 5.41) is 2.72. The molecule has 25 heavy (non-hydrogen) atoms. The van der Waals surface area contributed by atoms with E-state index in [1.54, 1.807) is 31.4 Å². The van der Waals surface area contributed by atoms with Crippen LogP contribution in [0.2, 0.25) is 0 Å².